The number of rotatable bonds is 1. The van der Waals surface area contributed by atoms with Gasteiger partial charge in [0.15, 0.2) is 0 Å². The molecule has 0 radical (unpaired) electrons. The predicted molar refractivity (Wildman–Crippen MR) is 62.7 cm³/mol. The smallest absolute Gasteiger partial charge is 0.417 e. The van der Waals surface area contributed by atoms with E-state index in [0.717, 1.165) is 4.90 Å². The van der Waals surface area contributed by atoms with E-state index in [-0.39, 0.29) is 12.3 Å². The topological polar surface area (TPSA) is 72.9 Å². The van der Waals surface area contributed by atoms with Gasteiger partial charge in [-0.25, -0.2) is 14.5 Å². The van der Waals surface area contributed by atoms with E-state index in [2.05, 4.69) is 4.74 Å². The molecule has 0 unspecified atom stereocenters. The van der Waals surface area contributed by atoms with E-state index in [1.165, 1.54) is 7.11 Å². The molecule has 102 valence electrons. The molecule has 0 N–H and O–H groups in total. The van der Waals surface area contributed by atoms with Gasteiger partial charge in [0.25, 0.3) is 0 Å². The van der Waals surface area contributed by atoms with Crippen LogP contribution in [-0.2, 0) is 19.1 Å². The Balaban J connectivity index is 2.91. The Labute approximate surface area is 106 Å². The number of nitrogens with zero attached hydrogens (tertiary/aromatic N) is 1. The zero-order valence-corrected chi connectivity index (χ0v) is 11.4. The van der Waals surface area contributed by atoms with Crippen LogP contribution in [0.15, 0.2) is 0 Å². The molecule has 1 aliphatic rings. The molecule has 0 aromatic heterocycles. The molecule has 1 fully saturated rings. The van der Waals surface area contributed by atoms with Crippen LogP contribution in [0.5, 0.6) is 0 Å². The molecule has 1 saturated heterocycles. The average molecular weight is 257 g/mol. The van der Waals surface area contributed by atoms with Crippen molar-refractivity contribution < 1.29 is 23.9 Å². The van der Waals surface area contributed by atoms with Crippen molar-refractivity contribution in [2.75, 3.05) is 7.11 Å². The first-order valence-electron chi connectivity index (χ1n) is 5.81. The van der Waals surface area contributed by atoms with Crippen LogP contribution in [0.25, 0.3) is 0 Å². The van der Waals surface area contributed by atoms with Crippen molar-refractivity contribution in [1.29, 1.82) is 0 Å². The fourth-order valence-electron chi connectivity index (χ4n) is 1.80. The highest BCUT2D eigenvalue weighted by Crippen LogP contribution is 2.27. The van der Waals surface area contributed by atoms with Crippen molar-refractivity contribution in [2.24, 2.45) is 5.92 Å². The summed E-state index contributed by atoms with van der Waals surface area (Å²) in [4.78, 5) is 36.2. The number of carbonyl (C=O) groups excluding carboxylic acids is 3. The molecule has 6 heteroatoms. The molecule has 0 saturated carbocycles. The second-order valence-electron chi connectivity index (χ2n) is 5.36. The van der Waals surface area contributed by atoms with Crippen molar-refractivity contribution in [3.05, 3.63) is 0 Å². The second-order valence-corrected chi connectivity index (χ2v) is 5.36. The number of ether oxygens (including phenoxy) is 2. The molecule has 6 nitrogen and oxygen atoms in total. The lowest BCUT2D eigenvalue weighted by Crippen LogP contribution is -2.46. The summed E-state index contributed by atoms with van der Waals surface area (Å²) < 4.78 is 9.72. The average Bonchev–Trinajstić information content (AvgIpc) is 2.52. The highest BCUT2D eigenvalue weighted by molar-refractivity contribution is 6.00. The first-order chi connectivity index (χ1) is 8.17. The maximum Gasteiger partial charge on any atom is 0.417 e. The third-order valence-electron chi connectivity index (χ3n) is 2.61. The Morgan fingerprint density at radius 3 is 2.33 bits per heavy atom. The number of amides is 2. The molecule has 1 heterocycles. The fourth-order valence-corrected chi connectivity index (χ4v) is 1.80. The van der Waals surface area contributed by atoms with Crippen LogP contribution in [0, 0.1) is 5.92 Å². The van der Waals surface area contributed by atoms with Crippen LogP contribution in [-0.4, -0.2) is 41.6 Å². The van der Waals surface area contributed by atoms with Gasteiger partial charge < -0.3 is 9.47 Å². The van der Waals surface area contributed by atoms with E-state index in [1.807, 2.05) is 0 Å². The van der Waals surface area contributed by atoms with E-state index < -0.39 is 29.6 Å². The van der Waals surface area contributed by atoms with Crippen LogP contribution in [0.3, 0.4) is 0 Å². The summed E-state index contributed by atoms with van der Waals surface area (Å²) in [7, 11) is 1.23. The van der Waals surface area contributed by atoms with Gasteiger partial charge in [0.2, 0.25) is 5.91 Å². The Morgan fingerprint density at radius 1 is 1.33 bits per heavy atom. The van der Waals surface area contributed by atoms with Crippen LogP contribution in [0.4, 0.5) is 4.79 Å². The van der Waals surface area contributed by atoms with Crippen molar-refractivity contribution in [3.8, 4) is 0 Å². The van der Waals surface area contributed by atoms with Crippen molar-refractivity contribution in [1.82, 2.24) is 4.90 Å². The molecule has 0 aromatic rings. The standard InChI is InChI=1S/C12H19NO5/c1-7-6-8(10(15)17-5)13(9(7)14)11(16)18-12(2,3)4/h7-8H,6H2,1-5H3/t7-,8-/m1/s1. The maximum atomic E-state index is 11.9. The second kappa shape index (κ2) is 4.96. The SMILES string of the molecule is COC(=O)[C@H]1C[C@@H](C)C(=O)N1C(=O)OC(C)(C)C. The molecule has 0 aliphatic carbocycles. The molecular weight excluding hydrogens is 238 g/mol. The highest BCUT2D eigenvalue weighted by atomic mass is 16.6. The van der Waals surface area contributed by atoms with Gasteiger partial charge in [-0.1, -0.05) is 6.92 Å². The van der Waals surface area contributed by atoms with Gasteiger partial charge in [0, 0.05) is 5.92 Å². The summed E-state index contributed by atoms with van der Waals surface area (Å²) in [5.41, 5.74) is -0.718. The molecule has 2 atom stereocenters. The van der Waals surface area contributed by atoms with Crippen LogP contribution in [0.2, 0.25) is 0 Å². The molecule has 0 aromatic carbocycles. The predicted octanol–water partition coefficient (Wildman–Crippen LogP) is 1.33. The van der Waals surface area contributed by atoms with Crippen LogP contribution >= 0.6 is 0 Å². The number of hydrogen-bond donors (Lipinski definition) is 0. The first-order valence-corrected chi connectivity index (χ1v) is 5.81. The third kappa shape index (κ3) is 3.00. The van der Waals surface area contributed by atoms with E-state index in [0.29, 0.717) is 0 Å². The van der Waals surface area contributed by atoms with E-state index in [4.69, 9.17) is 4.74 Å². The van der Waals surface area contributed by atoms with Crippen LogP contribution in [0.1, 0.15) is 34.1 Å². The van der Waals surface area contributed by atoms with E-state index >= 15 is 0 Å². The van der Waals surface area contributed by atoms with Crippen molar-refractivity contribution in [2.45, 2.75) is 45.8 Å². The molecule has 1 rings (SSSR count). The number of methoxy groups -OCH3 is 1. The number of carbonyl (C=O) groups is 3. The minimum Gasteiger partial charge on any atom is -0.467 e. The van der Waals surface area contributed by atoms with Gasteiger partial charge in [-0.2, -0.15) is 0 Å². The summed E-state index contributed by atoms with van der Waals surface area (Å²) in [6, 6.07) is -0.882. The molecule has 0 spiro atoms. The van der Waals surface area contributed by atoms with E-state index in [1.54, 1.807) is 27.7 Å². The Kier molecular flexibility index (Phi) is 3.98. The van der Waals surface area contributed by atoms with E-state index in [9.17, 15) is 14.4 Å². The van der Waals surface area contributed by atoms with Crippen molar-refractivity contribution >= 4 is 18.0 Å². The zero-order chi connectivity index (χ0) is 14.1. The summed E-state index contributed by atoms with van der Waals surface area (Å²) in [6.07, 6.45) is -0.530. The van der Waals surface area contributed by atoms with Gasteiger partial charge >= 0.3 is 12.1 Å². The van der Waals surface area contributed by atoms with Gasteiger partial charge in [0.05, 0.1) is 7.11 Å². The van der Waals surface area contributed by atoms with Gasteiger partial charge in [-0.15, -0.1) is 0 Å². The number of hydrogen-bond acceptors (Lipinski definition) is 5. The lowest BCUT2D eigenvalue weighted by molar-refractivity contribution is -0.148. The number of likely N-dealkylation sites (tertiary alicyclic amines) is 1. The van der Waals surface area contributed by atoms with Crippen LogP contribution < -0.4 is 0 Å². The highest BCUT2D eigenvalue weighted by Gasteiger charge is 2.46. The molecule has 1 aliphatic heterocycles. The summed E-state index contributed by atoms with van der Waals surface area (Å²) in [5.74, 6) is -1.39. The largest absolute Gasteiger partial charge is 0.467 e. The van der Waals surface area contributed by atoms with Crippen molar-refractivity contribution in [3.63, 3.8) is 0 Å². The minimum atomic E-state index is -0.882. The van der Waals surface area contributed by atoms with Gasteiger partial charge in [-0.05, 0) is 27.2 Å². The summed E-state index contributed by atoms with van der Waals surface area (Å²) >= 11 is 0. The molecule has 18 heavy (non-hydrogen) atoms. The lowest BCUT2D eigenvalue weighted by atomic mass is 10.1. The molecule has 2 amide bonds. The maximum absolute atomic E-state index is 11.9. The Hall–Kier alpha value is -1.59. The third-order valence-corrected chi connectivity index (χ3v) is 2.61. The van der Waals surface area contributed by atoms with Gasteiger partial charge in [0.1, 0.15) is 11.6 Å². The Bertz CT molecular complexity index is 371. The zero-order valence-electron chi connectivity index (χ0n) is 11.4. The number of esters is 1. The molecular formula is C12H19NO5. The first kappa shape index (κ1) is 14.5. The van der Waals surface area contributed by atoms with Gasteiger partial charge in [-0.3, -0.25) is 4.79 Å². The normalized spacial score (nSPS) is 24.1. The number of imide groups is 1. The molecule has 0 bridgehead atoms. The summed E-state index contributed by atoms with van der Waals surface area (Å²) in [5, 5.41) is 0. The quantitative estimate of drug-likeness (QED) is 0.663. The Morgan fingerprint density at radius 2 is 1.89 bits per heavy atom. The minimum absolute atomic E-state index is 0.269. The monoisotopic (exact) mass is 257 g/mol. The fraction of sp³-hybridized carbons (Fsp3) is 0.750. The summed E-state index contributed by atoms with van der Waals surface area (Å²) in [6.45, 7) is 6.76. The lowest BCUT2D eigenvalue weighted by Gasteiger charge is -2.26.